The number of hydrogen-bond donors (Lipinski definition) is 0. The van der Waals surface area contributed by atoms with Crippen molar-refractivity contribution >= 4 is 23.4 Å². The minimum atomic E-state index is 0.570. The molecule has 146 valence electrons. The van der Waals surface area contributed by atoms with Crippen molar-refractivity contribution in [2.24, 2.45) is 0 Å². The maximum Gasteiger partial charge on any atom is 0.196 e. The highest BCUT2D eigenvalue weighted by Crippen LogP contribution is 2.31. The minimum absolute atomic E-state index is 0.570. The van der Waals surface area contributed by atoms with Crippen LogP contribution in [0.3, 0.4) is 0 Å². The van der Waals surface area contributed by atoms with Gasteiger partial charge < -0.3 is 4.74 Å². The Bertz CT molecular complexity index is 1090. The third kappa shape index (κ3) is 4.44. The van der Waals surface area contributed by atoms with Crippen LogP contribution in [0.15, 0.2) is 78.2 Å². The molecule has 0 amide bonds. The molecule has 0 unspecified atom stereocenters. The number of para-hydroxylation sites is 1. The summed E-state index contributed by atoms with van der Waals surface area (Å²) in [6, 6.07) is 19.5. The Labute approximate surface area is 178 Å². The van der Waals surface area contributed by atoms with Crippen LogP contribution in [0.2, 0.25) is 5.02 Å². The summed E-state index contributed by atoms with van der Waals surface area (Å²) >= 11 is 7.98. The number of nitrogens with zero attached hydrogens (tertiary/aromatic N) is 4. The monoisotopic (exact) mass is 422 g/mol. The van der Waals surface area contributed by atoms with Crippen LogP contribution in [0.4, 0.5) is 0 Å². The molecule has 2 aromatic heterocycles. The fraction of sp³-hybridized carbons (Fsp3) is 0.136. The van der Waals surface area contributed by atoms with E-state index >= 15 is 0 Å². The standard InChI is InChI=1S/C22H19ClN4OS/c1-16-19(23)8-5-9-20(16)27-21(17-10-12-24-13-11-17)25-26-22(27)29-15-14-28-18-6-3-2-4-7-18/h2-13H,14-15H2,1H3. The Morgan fingerprint density at radius 2 is 1.76 bits per heavy atom. The number of halogens is 1. The summed E-state index contributed by atoms with van der Waals surface area (Å²) in [7, 11) is 0. The molecule has 0 atom stereocenters. The predicted octanol–water partition coefficient (Wildman–Crippen LogP) is 5.46. The first kappa shape index (κ1) is 19.5. The summed E-state index contributed by atoms with van der Waals surface area (Å²) in [6.07, 6.45) is 3.50. The highest BCUT2D eigenvalue weighted by atomic mass is 35.5. The molecule has 7 heteroatoms. The Morgan fingerprint density at radius 3 is 2.55 bits per heavy atom. The van der Waals surface area contributed by atoms with Gasteiger partial charge in [-0.25, -0.2) is 0 Å². The Morgan fingerprint density at radius 1 is 0.966 bits per heavy atom. The Kier molecular flexibility index (Phi) is 6.12. The predicted molar refractivity (Wildman–Crippen MR) is 117 cm³/mol. The van der Waals surface area contributed by atoms with E-state index in [-0.39, 0.29) is 0 Å². The largest absolute Gasteiger partial charge is 0.493 e. The third-order valence-electron chi connectivity index (χ3n) is 4.38. The van der Waals surface area contributed by atoms with Gasteiger partial charge in [-0.1, -0.05) is 47.6 Å². The lowest BCUT2D eigenvalue weighted by Crippen LogP contribution is -2.05. The maximum atomic E-state index is 6.39. The average molecular weight is 423 g/mol. The summed E-state index contributed by atoms with van der Waals surface area (Å²) in [4.78, 5) is 4.10. The number of aromatic nitrogens is 4. The first-order chi connectivity index (χ1) is 14.2. The van der Waals surface area contributed by atoms with Crippen molar-refractivity contribution in [2.45, 2.75) is 12.1 Å². The van der Waals surface area contributed by atoms with Crippen LogP contribution in [0, 0.1) is 6.92 Å². The molecule has 0 aliphatic heterocycles. The van der Waals surface area contributed by atoms with Crippen molar-refractivity contribution < 1.29 is 4.74 Å². The zero-order valence-electron chi connectivity index (χ0n) is 15.8. The van der Waals surface area contributed by atoms with E-state index in [1.54, 1.807) is 24.2 Å². The molecule has 2 aromatic carbocycles. The second kappa shape index (κ2) is 9.11. The van der Waals surface area contributed by atoms with E-state index in [9.17, 15) is 0 Å². The number of rotatable bonds is 7. The van der Waals surface area contributed by atoms with E-state index in [4.69, 9.17) is 16.3 Å². The molecule has 0 aliphatic carbocycles. The van der Waals surface area contributed by atoms with Gasteiger partial charge in [-0.05, 0) is 48.9 Å². The maximum absolute atomic E-state index is 6.39. The second-order valence-electron chi connectivity index (χ2n) is 6.27. The molecule has 5 nitrogen and oxygen atoms in total. The van der Waals surface area contributed by atoms with Crippen LogP contribution in [-0.2, 0) is 0 Å². The van der Waals surface area contributed by atoms with E-state index in [0.717, 1.165) is 39.3 Å². The van der Waals surface area contributed by atoms with Crippen LogP contribution in [0.1, 0.15) is 5.56 Å². The summed E-state index contributed by atoms with van der Waals surface area (Å²) in [5.74, 6) is 2.35. The highest BCUT2D eigenvalue weighted by Gasteiger charge is 2.18. The second-order valence-corrected chi connectivity index (χ2v) is 7.74. The topological polar surface area (TPSA) is 52.8 Å². The molecule has 0 aliphatic rings. The fourth-order valence-electron chi connectivity index (χ4n) is 2.92. The van der Waals surface area contributed by atoms with Gasteiger partial charge in [-0.3, -0.25) is 9.55 Å². The lowest BCUT2D eigenvalue weighted by atomic mass is 10.2. The molecule has 0 fully saturated rings. The SMILES string of the molecule is Cc1c(Cl)cccc1-n1c(SCCOc2ccccc2)nnc1-c1ccncc1. The minimum Gasteiger partial charge on any atom is -0.493 e. The van der Waals surface area contributed by atoms with Gasteiger partial charge in [0.25, 0.3) is 0 Å². The highest BCUT2D eigenvalue weighted by molar-refractivity contribution is 7.99. The average Bonchev–Trinajstić information content (AvgIpc) is 3.18. The lowest BCUT2D eigenvalue weighted by Gasteiger charge is -2.14. The smallest absolute Gasteiger partial charge is 0.196 e. The van der Waals surface area contributed by atoms with Crippen LogP contribution < -0.4 is 4.74 Å². The van der Waals surface area contributed by atoms with Crippen molar-refractivity contribution in [1.29, 1.82) is 0 Å². The number of thioether (sulfide) groups is 1. The van der Waals surface area contributed by atoms with Gasteiger partial charge in [0, 0.05) is 28.7 Å². The van der Waals surface area contributed by atoms with E-state index in [1.807, 2.05) is 72.2 Å². The van der Waals surface area contributed by atoms with Gasteiger partial charge in [-0.2, -0.15) is 0 Å². The Hall–Kier alpha value is -2.83. The summed E-state index contributed by atoms with van der Waals surface area (Å²) in [5, 5.41) is 10.4. The zero-order valence-corrected chi connectivity index (χ0v) is 17.4. The number of pyridine rings is 1. The van der Waals surface area contributed by atoms with Gasteiger partial charge in [0.1, 0.15) is 5.75 Å². The van der Waals surface area contributed by atoms with Crippen molar-refractivity contribution in [3.05, 3.63) is 83.6 Å². The summed E-state index contributed by atoms with van der Waals surface area (Å²) in [6.45, 7) is 2.57. The quantitative estimate of drug-likeness (QED) is 0.292. The normalized spacial score (nSPS) is 10.8. The number of benzene rings is 2. The van der Waals surface area contributed by atoms with E-state index in [1.165, 1.54) is 0 Å². The summed E-state index contributed by atoms with van der Waals surface area (Å²) in [5.41, 5.74) is 2.88. The number of ether oxygens (including phenoxy) is 1. The molecule has 29 heavy (non-hydrogen) atoms. The van der Waals surface area contributed by atoms with Gasteiger partial charge in [0.05, 0.1) is 12.3 Å². The van der Waals surface area contributed by atoms with Crippen LogP contribution in [-0.4, -0.2) is 32.1 Å². The molecule has 2 heterocycles. The van der Waals surface area contributed by atoms with Crippen molar-refractivity contribution in [3.63, 3.8) is 0 Å². The first-order valence-corrected chi connectivity index (χ1v) is 10.5. The van der Waals surface area contributed by atoms with Crippen LogP contribution >= 0.6 is 23.4 Å². The van der Waals surface area contributed by atoms with E-state index in [2.05, 4.69) is 15.2 Å². The van der Waals surface area contributed by atoms with Gasteiger partial charge in [-0.15, -0.1) is 10.2 Å². The molecular formula is C22H19ClN4OS. The van der Waals surface area contributed by atoms with Gasteiger partial charge >= 0.3 is 0 Å². The molecule has 0 radical (unpaired) electrons. The molecular weight excluding hydrogens is 404 g/mol. The molecule has 0 saturated carbocycles. The molecule has 0 N–H and O–H groups in total. The van der Waals surface area contributed by atoms with Gasteiger partial charge in [0.2, 0.25) is 0 Å². The van der Waals surface area contributed by atoms with Crippen LogP contribution in [0.5, 0.6) is 5.75 Å². The fourth-order valence-corrected chi connectivity index (χ4v) is 3.85. The lowest BCUT2D eigenvalue weighted by molar-refractivity contribution is 0.344. The molecule has 4 aromatic rings. The molecule has 0 saturated heterocycles. The van der Waals surface area contributed by atoms with Crippen molar-refractivity contribution in [3.8, 4) is 22.8 Å². The molecule has 4 rings (SSSR count). The van der Waals surface area contributed by atoms with Gasteiger partial charge in [0.15, 0.2) is 11.0 Å². The zero-order chi connectivity index (χ0) is 20.1. The molecule has 0 spiro atoms. The van der Waals surface area contributed by atoms with Crippen molar-refractivity contribution in [1.82, 2.24) is 19.7 Å². The summed E-state index contributed by atoms with van der Waals surface area (Å²) < 4.78 is 7.85. The third-order valence-corrected chi connectivity index (χ3v) is 5.68. The van der Waals surface area contributed by atoms with Crippen molar-refractivity contribution in [2.75, 3.05) is 12.4 Å². The Balaban J connectivity index is 1.62. The number of hydrogen-bond acceptors (Lipinski definition) is 5. The first-order valence-electron chi connectivity index (χ1n) is 9.16. The van der Waals surface area contributed by atoms with E-state index in [0.29, 0.717) is 11.6 Å². The van der Waals surface area contributed by atoms with E-state index < -0.39 is 0 Å². The molecule has 0 bridgehead atoms. The van der Waals surface area contributed by atoms with Crippen LogP contribution in [0.25, 0.3) is 17.1 Å².